The maximum Gasteiger partial charge on any atom is 0.409 e. The molecule has 0 unspecified atom stereocenters. The Morgan fingerprint density at radius 2 is 2.25 bits per heavy atom. The molecule has 0 aromatic carbocycles. The van der Waals surface area contributed by atoms with E-state index in [4.69, 9.17) is 9.26 Å². The normalized spacial score (nSPS) is 14.3. The summed E-state index contributed by atoms with van der Waals surface area (Å²) in [5.74, 6) is 2.39. The highest BCUT2D eigenvalue weighted by molar-refractivity contribution is 5.69. The Labute approximate surface area is 140 Å². The second-order valence-corrected chi connectivity index (χ2v) is 6.07. The minimum atomic E-state index is -0.256. The van der Waals surface area contributed by atoms with Crippen molar-refractivity contribution in [3.05, 3.63) is 24.2 Å². The van der Waals surface area contributed by atoms with Crippen molar-refractivity contribution in [3.63, 3.8) is 0 Å². The van der Waals surface area contributed by atoms with E-state index in [0.29, 0.717) is 43.9 Å². The zero-order valence-electron chi connectivity index (χ0n) is 13.9. The third-order valence-corrected chi connectivity index (χ3v) is 3.60. The fraction of sp³-hybridized carbons (Fsp3) is 0.500. The summed E-state index contributed by atoms with van der Waals surface area (Å²) in [6.07, 6.45) is 2.22. The Hall–Kier alpha value is -2.64. The first kappa shape index (κ1) is 16.2. The molecular weight excluding hydrogens is 310 g/mol. The largest absolute Gasteiger partial charge is 0.448 e. The van der Waals surface area contributed by atoms with Crippen molar-refractivity contribution in [2.24, 2.45) is 5.92 Å². The van der Waals surface area contributed by atoms with Crippen molar-refractivity contribution >= 4 is 11.9 Å². The number of hydrogen-bond acceptors (Lipinski definition) is 7. The topological polar surface area (TPSA) is 93.4 Å². The van der Waals surface area contributed by atoms with Crippen LogP contribution < -0.4 is 5.32 Å². The molecular formula is C16H21N5O3. The Morgan fingerprint density at radius 1 is 1.38 bits per heavy atom. The Balaban J connectivity index is 1.53. The smallest absolute Gasteiger partial charge is 0.409 e. The van der Waals surface area contributed by atoms with Gasteiger partial charge in [-0.3, -0.25) is 0 Å². The van der Waals surface area contributed by atoms with Gasteiger partial charge in [0.05, 0.1) is 12.1 Å². The predicted octanol–water partition coefficient (Wildman–Crippen LogP) is 2.19. The SMILES string of the molecule is CC(C)Cc1noc(-c2ccc(NCCN3CCOC3=O)nc2)n1. The zero-order chi connectivity index (χ0) is 16.9. The van der Waals surface area contributed by atoms with Crippen LogP contribution >= 0.6 is 0 Å². The molecule has 0 radical (unpaired) electrons. The van der Waals surface area contributed by atoms with E-state index in [2.05, 4.69) is 34.3 Å². The lowest BCUT2D eigenvalue weighted by atomic mass is 10.1. The van der Waals surface area contributed by atoms with Crippen LogP contribution in [0.25, 0.3) is 11.5 Å². The second kappa shape index (κ2) is 7.29. The van der Waals surface area contributed by atoms with Crippen molar-refractivity contribution < 1.29 is 14.1 Å². The number of amides is 1. The van der Waals surface area contributed by atoms with Crippen LogP contribution in [-0.2, 0) is 11.2 Å². The summed E-state index contributed by atoms with van der Waals surface area (Å²) in [5, 5.41) is 7.15. The standard InChI is InChI=1S/C16H21N5O3/c1-11(2)9-14-19-15(24-20-14)12-3-4-13(18-10-12)17-5-6-21-7-8-23-16(21)22/h3-4,10-11H,5-9H2,1-2H3,(H,17,18). The van der Waals surface area contributed by atoms with Crippen LogP contribution in [0.5, 0.6) is 0 Å². The average molecular weight is 331 g/mol. The summed E-state index contributed by atoms with van der Waals surface area (Å²) >= 11 is 0. The van der Waals surface area contributed by atoms with Crippen molar-refractivity contribution in [1.29, 1.82) is 0 Å². The minimum Gasteiger partial charge on any atom is -0.448 e. The van der Waals surface area contributed by atoms with Gasteiger partial charge in [-0.05, 0) is 18.1 Å². The lowest BCUT2D eigenvalue weighted by molar-refractivity contribution is 0.159. The van der Waals surface area contributed by atoms with E-state index in [9.17, 15) is 4.79 Å². The summed E-state index contributed by atoms with van der Waals surface area (Å²) in [4.78, 5) is 21.7. The van der Waals surface area contributed by atoms with E-state index in [1.165, 1.54) is 0 Å². The summed E-state index contributed by atoms with van der Waals surface area (Å²) in [7, 11) is 0. The Kier molecular flexibility index (Phi) is 4.93. The minimum absolute atomic E-state index is 0.256. The molecule has 1 saturated heterocycles. The van der Waals surface area contributed by atoms with E-state index < -0.39 is 0 Å². The van der Waals surface area contributed by atoms with Crippen LogP contribution in [0.2, 0.25) is 0 Å². The molecule has 0 spiro atoms. The van der Waals surface area contributed by atoms with Crippen LogP contribution in [0.15, 0.2) is 22.9 Å². The van der Waals surface area contributed by atoms with Gasteiger partial charge in [0, 0.05) is 25.7 Å². The van der Waals surface area contributed by atoms with Gasteiger partial charge in [-0.2, -0.15) is 4.98 Å². The molecule has 2 aromatic heterocycles. The number of carbonyl (C=O) groups excluding carboxylic acids is 1. The number of ether oxygens (including phenoxy) is 1. The van der Waals surface area contributed by atoms with Gasteiger partial charge in [0.2, 0.25) is 0 Å². The average Bonchev–Trinajstić information content (AvgIpc) is 3.17. The molecule has 24 heavy (non-hydrogen) atoms. The Bertz CT molecular complexity index is 683. The molecule has 0 saturated carbocycles. The summed E-state index contributed by atoms with van der Waals surface area (Å²) in [6.45, 7) is 6.53. The molecule has 1 aliphatic heterocycles. The van der Waals surface area contributed by atoms with Gasteiger partial charge in [0.1, 0.15) is 12.4 Å². The van der Waals surface area contributed by atoms with Crippen LogP contribution in [0, 0.1) is 5.92 Å². The number of nitrogens with zero attached hydrogens (tertiary/aromatic N) is 4. The number of aromatic nitrogens is 3. The first-order valence-electron chi connectivity index (χ1n) is 8.06. The van der Waals surface area contributed by atoms with Crippen LogP contribution in [0.3, 0.4) is 0 Å². The highest BCUT2D eigenvalue weighted by Crippen LogP contribution is 2.18. The zero-order valence-corrected chi connectivity index (χ0v) is 13.9. The van der Waals surface area contributed by atoms with Crippen LogP contribution in [0.4, 0.5) is 10.6 Å². The van der Waals surface area contributed by atoms with Gasteiger partial charge in [0.15, 0.2) is 5.82 Å². The van der Waals surface area contributed by atoms with Crippen molar-refractivity contribution in [1.82, 2.24) is 20.0 Å². The molecule has 1 amide bonds. The molecule has 0 bridgehead atoms. The molecule has 8 nitrogen and oxygen atoms in total. The quantitative estimate of drug-likeness (QED) is 0.831. The van der Waals surface area contributed by atoms with Crippen LogP contribution in [0.1, 0.15) is 19.7 Å². The maximum atomic E-state index is 11.3. The lowest BCUT2D eigenvalue weighted by Crippen LogP contribution is -2.29. The highest BCUT2D eigenvalue weighted by Gasteiger charge is 2.20. The summed E-state index contributed by atoms with van der Waals surface area (Å²) < 4.78 is 10.2. The number of rotatable bonds is 7. The third kappa shape index (κ3) is 4.01. The molecule has 2 aromatic rings. The number of hydrogen-bond donors (Lipinski definition) is 1. The first-order chi connectivity index (χ1) is 11.6. The molecule has 8 heteroatoms. The monoisotopic (exact) mass is 331 g/mol. The van der Waals surface area contributed by atoms with Gasteiger partial charge >= 0.3 is 6.09 Å². The van der Waals surface area contributed by atoms with Gasteiger partial charge in [0.25, 0.3) is 5.89 Å². The molecule has 3 rings (SSSR count). The maximum absolute atomic E-state index is 11.3. The summed E-state index contributed by atoms with van der Waals surface area (Å²) in [5.41, 5.74) is 0.783. The fourth-order valence-electron chi connectivity index (χ4n) is 2.39. The fourth-order valence-corrected chi connectivity index (χ4v) is 2.39. The highest BCUT2D eigenvalue weighted by atomic mass is 16.6. The Morgan fingerprint density at radius 3 is 2.92 bits per heavy atom. The van der Waals surface area contributed by atoms with E-state index in [0.717, 1.165) is 17.8 Å². The molecule has 1 N–H and O–H groups in total. The molecule has 0 aliphatic carbocycles. The molecule has 1 aliphatic rings. The lowest BCUT2D eigenvalue weighted by Gasteiger charge is -2.13. The molecule has 1 fully saturated rings. The number of pyridine rings is 1. The van der Waals surface area contributed by atoms with E-state index >= 15 is 0 Å². The van der Waals surface area contributed by atoms with Gasteiger partial charge in [-0.25, -0.2) is 9.78 Å². The van der Waals surface area contributed by atoms with Crippen molar-refractivity contribution in [3.8, 4) is 11.5 Å². The van der Waals surface area contributed by atoms with Crippen molar-refractivity contribution in [2.45, 2.75) is 20.3 Å². The third-order valence-electron chi connectivity index (χ3n) is 3.60. The van der Waals surface area contributed by atoms with Crippen LogP contribution in [-0.4, -0.2) is 52.4 Å². The van der Waals surface area contributed by atoms with E-state index in [1.54, 1.807) is 11.1 Å². The second-order valence-electron chi connectivity index (χ2n) is 6.07. The molecule has 0 atom stereocenters. The van der Waals surface area contributed by atoms with E-state index in [1.807, 2.05) is 12.1 Å². The van der Waals surface area contributed by atoms with Gasteiger partial charge in [-0.15, -0.1) is 0 Å². The number of cyclic esters (lactones) is 1. The van der Waals surface area contributed by atoms with Gasteiger partial charge < -0.3 is 19.5 Å². The molecule has 3 heterocycles. The summed E-state index contributed by atoms with van der Waals surface area (Å²) in [6, 6.07) is 3.73. The molecule has 128 valence electrons. The predicted molar refractivity (Wildman–Crippen MR) is 87.5 cm³/mol. The van der Waals surface area contributed by atoms with E-state index in [-0.39, 0.29) is 6.09 Å². The van der Waals surface area contributed by atoms with Crippen molar-refractivity contribution in [2.75, 3.05) is 31.6 Å². The first-order valence-corrected chi connectivity index (χ1v) is 8.06. The number of nitrogens with one attached hydrogen (secondary N) is 1. The van der Waals surface area contributed by atoms with Gasteiger partial charge in [-0.1, -0.05) is 19.0 Å². The number of carbonyl (C=O) groups is 1. The number of anilines is 1.